The molecule has 0 atom stereocenters. The van der Waals surface area contributed by atoms with Crippen LogP contribution in [0.25, 0.3) is 0 Å². The lowest BCUT2D eigenvalue weighted by Crippen LogP contribution is -2.17. The highest BCUT2D eigenvalue weighted by Gasteiger charge is 2.07. The number of hydrogen-bond donors (Lipinski definition) is 0. The monoisotopic (exact) mass is 262 g/mol. The van der Waals surface area contributed by atoms with Crippen molar-refractivity contribution < 1.29 is 4.74 Å². The van der Waals surface area contributed by atoms with Gasteiger partial charge >= 0.3 is 0 Å². The fourth-order valence-corrected chi connectivity index (χ4v) is 1.88. The molecule has 0 fully saturated rings. The molecule has 94 valence electrons. The largest absolute Gasteiger partial charge is 0.496 e. The van der Waals surface area contributed by atoms with Crippen molar-refractivity contribution in [1.82, 2.24) is 4.98 Å². The van der Waals surface area contributed by atoms with E-state index in [0.717, 1.165) is 23.7 Å². The number of anilines is 1. The van der Waals surface area contributed by atoms with Gasteiger partial charge in [0, 0.05) is 25.4 Å². The van der Waals surface area contributed by atoms with E-state index in [2.05, 4.69) is 4.98 Å². The van der Waals surface area contributed by atoms with Crippen molar-refractivity contribution in [2.24, 2.45) is 0 Å². The minimum absolute atomic E-state index is 0.643. The Labute approximate surface area is 112 Å². The Morgan fingerprint density at radius 3 is 2.67 bits per heavy atom. The van der Waals surface area contributed by atoms with Crippen LogP contribution in [-0.4, -0.2) is 19.1 Å². The van der Waals surface area contributed by atoms with Gasteiger partial charge in [-0.15, -0.1) is 0 Å². The van der Waals surface area contributed by atoms with Gasteiger partial charge in [-0.2, -0.15) is 0 Å². The molecular weight excluding hydrogens is 248 g/mol. The van der Waals surface area contributed by atoms with Crippen LogP contribution in [0.3, 0.4) is 0 Å². The fraction of sp³-hybridized carbons (Fsp3) is 0.214. The molecule has 0 aliphatic heterocycles. The number of nitrogens with zero attached hydrogens (tertiary/aromatic N) is 2. The van der Waals surface area contributed by atoms with E-state index in [1.165, 1.54) is 0 Å². The Kier molecular flexibility index (Phi) is 4.05. The van der Waals surface area contributed by atoms with Gasteiger partial charge in [0.2, 0.25) is 0 Å². The summed E-state index contributed by atoms with van der Waals surface area (Å²) >= 11 is 5.82. The first-order valence-corrected chi connectivity index (χ1v) is 6.03. The van der Waals surface area contributed by atoms with Gasteiger partial charge in [0.05, 0.1) is 12.1 Å². The van der Waals surface area contributed by atoms with Crippen molar-refractivity contribution in [3.63, 3.8) is 0 Å². The maximum Gasteiger partial charge on any atom is 0.128 e. The van der Waals surface area contributed by atoms with Crippen molar-refractivity contribution >= 4 is 17.4 Å². The van der Waals surface area contributed by atoms with Gasteiger partial charge < -0.3 is 9.64 Å². The smallest absolute Gasteiger partial charge is 0.128 e. The highest BCUT2D eigenvalue weighted by atomic mass is 35.5. The fourth-order valence-electron chi connectivity index (χ4n) is 1.76. The van der Waals surface area contributed by atoms with Gasteiger partial charge in [-0.3, -0.25) is 0 Å². The van der Waals surface area contributed by atoms with Crippen LogP contribution in [0.2, 0.25) is 5.02 Å². The molecule has 0 aliphatic rings. The summed E-state index contributed by atoms with van der Waals surface area (Å²) in [6.45, 7) is 0.735. The van der Waals surface area contributed by atoms with E-state index in [0.29, 0.717) is 5.02 Å². The molecule has 0 radical (unpaired) electrons. The summed E-state index contributed by atoms with van der Waals surface area (Å²) < 4.78 is 5.33. The van der Waals surface area contributed by atoms with E-state index in [9.17, 15) is 0 Å². The molecular formula is C14H15ClN2O. The normalized spacial score (nSPS) is 10.2. The van der Waals surface area contributed by atoms with Crippen molar-refractivity contribution in [1.29, 1.82) is 0 Å². The van der Waals surface area contributed by atoms with Gasteiger partial charge in [0.1, 0.15) is 11.6 Å². The molecule has 0 saturated heterocycles. The SMILES string of the molecule is COc1ccccc1CN(C)c1ccc(Cl)cn1. The molecule has 1 aromatic heterocycles. The molecule has 18 heavy (non-hydrogen) atoms. The molecule has 0 amide bonds. The molecule has 4 heteroatoms. The Morgan fingerprint density at radius 1 is 1.22 bits per heavy atom. The predicted octanol–water partition coefficient (Wildman–Crippen LogP) is 3.38. The number of pyridine rings is 1. The summed E-state index contributed by atoms with van der Waals surface area (Å²) in [5, 5.41) is 0.643. The van der Waals surface area contributed by atoms with Gasteiger partial charge in [0.25, 0.3) is 0 Å². The molecule has 0 unspecified atom stereocenters. The van der Waals surface area contributed by atoms with Crippen LogP contribution >= 0.6 is 11.6 Å². The highest BCUT2D eigenvalue weighted by Crippen LogP contribution is 2.21. The number of halogens is 1. The van der Waals surface area contributed by atoms with Gasteiger partial charge in [-0.1, -0.05) is 29.8 Å². The number of benzene rings is 1. The summed E-state index contributed by atoms with van der Waals surface area (Å²) in [5.41, 5.74) is 1.12. The third-order valence-corrected chi connectivity index (χ3v) is 2.93. The number of rotatable bonds is 4. The Balaban J connectivity index is 2.15. The van der Waals surface area contributed by atoms with Crippen LogP contribution in [0.5, 0.6) is 5.75 Å². The molecule has 0 N–H and O–H groups in total. The zero-order valence-corrected chi connectivity index (χ0v) is 11.2. The third-order valence-electron chi connectivity index (χ3n) is 2.70. The van der Waals surface area contributed by atoms with Crippen molar-refractivity contribution in [3.05, 3.63) is 53.2 Å². The van der Waals surface area contributed by atoms with E-state index in [1.54, 1.807) is 13.3 Å². The van der Waals surface area contributed by atoms with Gasteiger partial charge in [-0.05, 0) is 18.2 Å². The number of aromatic nitrogens is 1. The minimum Gasteiger partial charge on any atom is -0.496 e. The van der Waals surface area contributed by atoms with Crippen molar-refractivity contribution in [3.8, 4) is 5.75 Å². The Hall–Kier alpha value is -1.74. The van der Waals surface area contributed by atoms with Crippen LogP contribution < -0.4 is 9.64 Å². The second kappa shape index (κ2) is 5.74. The molecule has 1 heterocycles. The molecule has 0 bridgehead atoms. The van der Waals surface area contributed by atoms with Crippen LogP contribution in [0.4, 0.5) is 5.82 Å². The number of para-hydroxylation sites is 1. The summed E-state index contributed by atoms with van der Waals surface area (Å²) in [6.07, 6.45) is 1.65. The molecule has 0 aliphatic carbocycles. The first kappa shape index (κ1) is 12.7. The van der Waals surface area contributed by atoms with Crippen molar-refractivity contribution in [2.45, 2.75) is 6.54 Å². The summed E-state index contributed by atoms with van der Waals surface area (Å²) in [7, 11) is 3.67. The summed E-state index contributed by atoms with van der Waals surface area (Å²) in [4.78, 5) is 6.33. The minimum atomic E-state index is 0.643. The maximum absolute atomic E-state index is 5.82. The standard InChI is InChI=1S/C14H15ClN2O/c1-17(14-8-7-12(15)9-16-14)10-11-5-3-4-6-13(11)18-2/h3-9H,10H2,1-2H3. The van der Waals surface area contributed by atoms with E-state index in [1.807, 2.05) is 48.3 Å². The van der Waals surface area contributed by atoms with Gasteiger partial charge in [-0.25, -0.2) is 4.98 Å². The Morgan fingerprint density at radius 2 is 2.00 bits per heavy atom. The number of ether oxygens (including phenoxy) is 1. The molecule has 3 nitrogen and oxygen atoms in total. The highest BCUT2D eigenvalue weighted by molar-refractivity contribution is 6.30. The zero-order chi connectivity index (χ0) is 13.0. The maximum atomic E-state index is 5.82. The second-order valence-corrected chi connectivity index (χ2v) is 4.44. The lowest BCUT2D eigenvalue weighted by molar-refractivity contribution is 0.409. The Bertz CT molecular complexity index is 513. The molecule has 2 aromatic rings. The quantitative estimate of drug-likeness (QED) is 0.845. The number of hydrogen-bond acceptors (Lipinski definition) is 3. The third kappa shape index (κ3) is 2.93. The lowest BCUT2D eigenvalue weighted by Gasteiger charge is -2.19. The number of methoxy groups -OCH3 is 1. The van der Waals surface area contributed by atoms with Gasteiger partial charge in [0.15, 0.2) is 0 Å². The van der Waals surface area contributed by atoms with Crippen LogP contribution in [-0.2, 0) is 6.54 Å². The van der Waals surface area contributed by atoms with E-state index < -0.39 is 0 Å². The second-order valence-electron chi connectivity index (χ2n) is 4.00. The first-order valence-electron chi connectivity index (χ1n) is 5.65. The van der Waals surface area contributed by atoms with E-state index in [4.69, 9.17) is 16.3 Å². The lowest BCUT2D eigenvalue weighted by atomic mass is 10.2. The molecule has 2 rings (SSSR count). The summed E-state index contributed by atoms with van der Waals surface area (Å²) in [6, 6.07) is 11.7. The average molecular weight is 263 g/mol. The molecule has 1 aromatic carbocycles. The topological polar surface area (TPSA) is 25.4 Å². The van der Waals surface area contributed by atoms with Crippen LogP contribution in [0.15, 0.2) is 42.6 Å². The van der Waals surface area contributed by atoms with Crippen LogP contribution in [0.1, 0.15) is 5.56 Å². The van der Waals surface area contributed by atoms with Crippen LogP contribution in [0, 0.1) is 0 Å². The summed E-state index contributed by atoms with van der Waals surface area (Å²) in [5.74, 6) is 1.77. The average Bonchev–Trinajstić information content (AvgIpc) is 2.40. The van der Waals surface area contributed by atoms with Crippen molar-refractivity contribution in [2.75, 3.05) is 19.1 Å². The zero-order valence-electron chi connectivity index (χ0n) is 10.4. The van der Waals surface area contributed by atoms with E-state index in [-0.39, 0.29) is 0 Å². The predicted molar refractivity (Wildman–Crippen MR) is 74.3 cm³/mol. The molecule has 0 saturated carbocycles. The first-order chi connectivity index (χ1) is 8.70. The molecule has 0 spiro atoms. The van der Waals surface area contributed by atoms with E-state index >= 15 is 0 Å².